The van der Waals surface area contributed by atoms with Crippen molar-refractivity contribution in [3.05, 3.63) is 45.1 Å². The van der Waals surface area contributed by atoms with E-state index >= 15 is 0 Å². The monoisotopic (exact) mass is 493 g/mol. The maximum atomic E-state index is 12.9. The number of thioether (sulfide) groups is 1. The Bertz CT molecular complexity index is 960. The van der Waals surface area contributed by atoms with Crippen molar-refractivity contribution in [1.29, 1.82) is 0 Å². The number of anilines is 2. The fourth-order valence-corrected chi connectivity index (χ4v) is 5.09. The van der Waals surface area contributed by atoms with Crippen LogP contribution in [0.3, 0.4) is 0 Å². The first-order valence-electron chi connectivity index (χ1n) is 9.13. The number of amides is 2. The lowest BCUT2D eigenvalue weighted by Crippen LogP contribution is -2.58. The Morgan fingerprint density at radius 2 is 2.10 bits per heavy atom. The molecule has 1 atom stereocenters. The highest BCUT2D eigenvalue weighted by atomic mass is 79.9. The van der Waals surface area contributed by atoms with Crippen LogP contribution in [0.4, 0.5) is 11.4 Å². The van der Waals surface area contributed by atoms with Crippen LogP contribution >= 0.6 is 39.0 Å². The van der Waals surface area contributed by atoms with Crippen molar-refractivity contribution in [2.24, 2.45) is 11.0 Å². The fourth-order valence-electron chi connectivity index (χ4n) is 3.21. The van der Waals surface area contributed by atoms with Gasteiger partial charge < -0.3 is 5.32 Å². The molecule has 2 aliphatic heterocycles. The van der Waals surface area contributed by atoms with Crippen molar-refractivity contribution in [2.75, 3.05) is 22.5 Å². The van der Waals surface area contributed by atoms with E-state index in [9.17, 15) is 9.59 Å². The van der Waals surface area contributed by atoms with E-state index in [1.165, 1.54) is 23.1 Å². The summed E-state index contributed by atoms with van der Waals surface area (Å²) in [4.78, 5) is 29.8. The Kier molecular flexibility index (Phi) is 5.84. The maximum Gasteiger partial charge on any atom is 0.269 e. The predicted molar refractivity (Wildman–Crippen MR) is 122 cm³/mol. The number of amidine groups is 1. The van der Waals surface area contributed by atoms with Gasteiger partial charge in [0.2, 0.25) is 12.2 Å². The van der Waals surface area contributed by atoms with E-state index in [0.717, 1.165) is 15.8 Å². The van der Waals surface area contributed by atoms with Gasteiger partial charge in [0.05, 0.1) is 11.4 Å². The molecule has 0 radical (unpaired) electrons. The number of hydrogen-bond donors (Lipinski definition) is 2. The van der Waals surface area contributed by atoms with Crippen molar-refractivity contribution in [3.63, 3.8) is 0 Å². The molecule has 29 heavy (non-hydrogen) atoms. The molecule has 0 aliphatic carbocycles. The van der Waals surface area contributed by atoms with E-state index in [1.54, 1.807) is 0 Å². The Labute approximate surface area is 185 Å². The van der Waals surface area contributed by atoms with Crippen molar-refractivity contribution in [1.82, 2.24) is 10.3 Å². The lowest BCUT2D eigenvalue weighted by molar-refractivity contribution is -0.113. The first kappa shape index (κ1) is 20.2. The van der Waals surface area contributed by atoms with Gasteiger partial charge >= 0.3 is 0 Å². The Morgan fingerprint density at radius 3 is 2.83 bits per heavy atom. The normalized spacial score (nSPS) is 17.7. The standard InChI is InChI=1S/C19H20BrN5O2S2/c1-11(2)9-24-17(27)16-14(7-8-28-16)25-18(24)22-23-19(25)29-10-15(26)21-13-5-3-12(20)4-6-13/h3-8,11,18,22H,9-10H2,1-2H3,(H,21,26). The van der Waals surface area contributed by atoms with Crippen LogP contribution in [0.2, 0.25) is 0 Å². The van der Waals surface area contributed by atoms with E-state index in [2.05, 4.69) is 45.6 Å². The molecule has 0 saturated carbocycles. The first-order chi connectivity index (χ1) is 13.9. The molecule has 0 saturated heterocycles. The van der Waals surface area contributed by atoms with E-state index < -0.39 is 0 Å². The summed E-state index contributed by atoms with van der Waals surface area (Å²) in [6.07, 6.45) is -0.357. The van der Waals surface area contributed by atoms with Crippen molar-refractivity contribution in [2.45, 2.75) is 20.1 Å². The van der Waals surface area contributed by atoms with Gasteiger partial charge in [-0.15, -0.1) is 11.3 Å². The van der Waals surface area contributed by atoms with Crippen LogP contribution in [0.5, 0.6) is 0 Å². The molecule has 2 N–H and O–H groups in total. The number of rotatable bonds is 5. The third-order valence-electron chi connectivity index (χ3n) is 4.40. The van der Waals surface area contributed by atoms with E-state index in [1.807, 2.05) is 45.5 Å². The molecule has 7 nitrogen and oxygen atoms in total. The number of fused-ring (bicyclic) bond motifs is 3. The van der Waals surface area contributed by atoms with Gasteiger partial charge in [0.15, 0.2) is 5.17 Å². The molecule has 1 aromatic heterocycles. The largest absolute Gasteiger partial charge is 0.325 e. The van der Waals surface area contributed by atoms with E-state index in [0.29, 0.717) is 22.5 Å². The average Bonchev–Trinajstić information content (AvgIpc) is 3.32. The number of benzene rings is 1. The zero-order valence-electron chi connectivity index (χ0n) is 15.9. The second kappa shape index (κ2) is 8.37. The van der Waals surface area contributed by atoms with E-state index in [-0.39, 0.29) is 23.9 Å². The molecule has 2 aliphatic rings. The molecule has 1 aromatic carbocycles. The molecule has 2 aromatic rings. The highest BCUT2D eigenvalue weighted by Crippen LogP contribution is 2.38. The third-order valence-corrected chi connectivity index (χ3v) is 6.78. The van der Waals surface area contributed by atoms with Gasteiger partial charge in [0, 0.05) is 16.7 Å². The molecule has 0 fully saturated rings. The third kappa shape index (κ3) is 4.15. The zero-order valence-corrected chi connectivity index (χ0v) is 19.1. The van der Waals surface area contributed by atoms with Crippen LogP contribution in [-0.4, -0.2) is 40.5 Å². The molecule has 152 valence electrons. The number of halogens is 1. The van der Waals surface area contributed by atoms with Gasteiger partial charge in [-0.2, -0.15) is 5.10 Å². The van der Waals surface area contributed by atoms with Crippen LogP contribution in [0, 0.1) is 5.92 Å². The molecule has 10 heteroatoms. The summed E-state index contributed by atoms with van der Waals surface area (Å²) in [6.45, 7) is 4.79. The number of nitrogens with zero attached hydrogens (tertiary/aromatic N) is 3. The van der Waals surface area contributed by atoms with Crippen molar-refractivity contribution < 1.29 is 9.59 Å². The Balaban J connectivity index is 1.46. The minimum atomic E-state index is -0.357. The number of hydrazone groups is 1. The number of thiophene rings is 1. The molecule has 3 heterocycles. The minimum Gasteiger partial charge on any atom is -0.325 e. The summed E-state index contributed by atoms with van der Waals surface area (Å²) in [6, 6.07) is 9.38. The summed E-state index contributed by atoms with van der Waals surface area (Å²) < 4.78 is 0.958. The van der Waals surface area contributed by atoms with Crippen molar-refractivity contribution in [3.8, 4) is 0 Å². The fraction of sp³-hybridized carbons (Fsp3) is 0.316. The Hall–Kier alpha value is -2.04. The van der Waals surface area contributed by atoms with Gasteiger partial charge in [-0.05, 0) is 41.6 Å². The van der Waals surface area contributed by atoms with Crippen molar-refractivity contribution >= 4 is 67.4 Å². The number of carbonyl (C=O) groups is 2. The minimum absolute atomic E-state index is 0.0203. The summed E-state index contributed by atoms with van der Waals surface area (Å²) >= 11 is 6.16. The lowest BCUT2D eigenvalue weighted by Gasteiger charge is -2.40. The SMILES string of the molecule is CC(C)CN1C(=O)c2sccc2N2C(SCC(=O)Nc3ccc(Br)cc3)=NNC12. The summed E-state index contributed by atoms with van der Waals surface area (Å²) in [7, 11) is 0. The number of nitrogens with one attached hydrogen (secondary N) is 2. The van der Waals surface area contributed by atoms with Gasteiger partial charge in [-0.1, -0.05) is 41.5 Å². The van der Waals surface area contributed by atoms with Gasteiger partial charge in [0.1, 0.15) is 4.88 Å². The number of carbonyl (C=O) groups excluding carboxylic acids is 2. The highest BCUT2D eigenvalue weighted by molar-refractivity contribution is 9.10. The van der Waals surface area contributed by atoms with Gasteiger partial charge in [-0.25, -0.2) is 0 Å². The van der Waals surface area contributed by atoms with Crippen LogP contribution in [0.15, 0.2) is 45.3 Å². The molecule has 1 unspecified atom stereocenters. The predicted octanol–water partition coefficient (Wildman–Crippen LogP) is 3.96. The van der Waals surface area contributed by atoms with Gasteiger partial charge in [0.25, 0.3) is 5.91 Å². The smallest absolute Gasteiger partial charge is 0.269 e. The van der Waals surface area contributed by atoms with Crippen LogP contribution in [0.1, 0.15) is 23.5 Å². The molecular weight excluding hydrogens is 474 g/mol. The quantitative estimate of drug-likeness (QED) is 0.658. The topological polar surface area (TPSA) is 77.0 Å². The molecule has 2 amide bonds. The number of hydrogen-bond acceptors (Lipinski definition) is 7. The summed E-state index contributed by atoms with van der Waals surface area (Å²) in [5, 5.41) is 9.90. The maximum absolute atomic E-state index is 12.9. The molecule has 4 rings (SSSR count). The lowest BCUT2D eigenvalue weighted by atomic mass is 10.1. The first-order valence-corrected chi connectivity index (χ1v) is 11.8. The van der Waals surface area contributed by atoms with Crippen LogP contribution < -0.4 is 15.6 Å². The second-order valence-electron chi connectivity index (χ2n) is 7.10. The van der Waals surface area contributed by atoms with E-state index in [4.69, 9.17) is 0 Å². The Morgan fingerprint density at radius 1 is 1.34 bits per heavy atom. The summed E-state index contributed by atoms with van der Waals surface area (Å²) in [5.74, 6) is 0.461. The molecule has 0 spiro atoms. The highest BCUT2D eigenvalue weighted by Gasteiger charge is 2.44. The molecule has 0 bridgehead atoms. The second-order valence-corrected chi connectivity index (χ2v) is 9.87. The van der Waals surface area contributed by atoms with Crippen LogP contribution in [0.25, 0.3) is 0 Å². The molecular formula is C19H20BrN5O2S2. The average molecular weight is 494 g/mol. The zero-order chi connectivity index (χ0) is 20.5. The van der Waals surface area contributed by atoms with Crippen LogP contribution in [-0.2, 0) is 4.79 Å². The summed E-state index contributed by atoms with van der Waals surface area (Å²) in [5.41, 5.74) is 4.66. The van der Waals surface area contributed by atoms with Gasteiger partial charge in [-0.3, -0.25) is 24.8 Å².